The van der Waals surface area contributed by atoms with Crippen LogP contribution in [0.15, 0.2) is 71.8 Å². The number of carbonyl (C=O) groups excluding carboxylic acids is 1. The maximum absolute atomic E-state index is 13.8. The second kappa shape index (κ2) is 12.1. The second-order valence-electron chi connectivity index (χ2n) is 11.6. The molecule has 1 saturated heterocycles. The molecule has 2 aliphatic heterocycles. The first kappa shape index (κ1) is 30.2. The fraction of sp³-hybridized carbons (Fsp3) is 0.438. The number of carbonyl (C=O) groups is 1. The molecule has 0 bridgehead atoms. The standard InChI is InChI=1S/C32H40N4O5S/c1-5-22-12-14-26(15-13-22)42(39,40)34-28-27-18-24(19-33-30(27)41-32(3,4)29(28)37)31(38)36(6-2)25-16-17-35(21-25)20-23-10-8-7-9-11-23/h7-15,18-19,25,28-29,34,37H,5-6,16-17,20-21H2,1-4H3/t25-,28+,29-/m0/s1. The van der Waals surface area contributed by atoms with Crippen molar-refractivity contribution in [2.24, 2.45) is 0 Å². The maximum Gasteiger partial charge on any atom is 0.255 e. The highest BCUT2D eigenvalue weighted by atomic mass is 32.2. The van der Waals surface area contributed by atoms with Gasteiger partial charge in [0.2, 0.25) is 15.9 Å². The summed E-state index contributed by atoms with van der Waals surface area (Å²) in [6, 6.07) is 17.5. The predicted molar refractivity (Wildman–Crippen MR) is 161 cm³/mol. The van der Waals surface area contributed by atoms with Gasteiger partial charge in [0.05, 0.1) is 16.5 Å². The molecule has 3 aromatic rings. The lowest BCUT2D eigenvalue weighted by Crippen LogP contribution is -2.53. The zero-order valence-corrected chi connectivity index (χ0v) is 25.5. The van der Waals surface area contributed by atoms with Gasteiger partial charge in [-0.25, -0.2) is 18.1 Å². The van der Waals surface area contributed by atoms with Crippen LogP contribution in [0, 0.1) is 0 Å². The summed E-state index contributed by atoms with van der Waals surface area (Å²) in [6.07, 6.45) is 1.89. The van der Waals surface area contributed by atoms with Gasteiger partial charge < -0.3 is 14.7 Å². The van der Waals surface area contributed by atoms with Crippen molar-refractivity contribution in [3.8, 4) is 5.88 Å². The first-order valence-electron chi connectivity index (χ1n) is 14.6. The molecule has 10 heteroatoms. The third-order valence-corrected chi connectivity index (χ3v) is 9.77. The predicted octanol–water partition coefficient (Wildman–Crippen LogP) is 3.93. The Hall–Kier alpha value is -3.31. The van der Waals surface area contributed by atoms with E-state index >= 15 is 0 Å². The van der Waals surface area contributed by atoms with E-state index in [0.29, 0.717) is 17.7 Å². The van der Waals surface area contributed by atoms with Crippen molar-refractivity contribution in [3.63, 3.8) is 0 Å². The quantitative estimate of drug-likeness (QED) is 0.387. The third kappa shape index (κ3) is 6.22. The molecule has 9 nitrogen and oxygen atoms in total. The molecule has 42 heavy (non-hydrogen) atoms. The van der Waals surface area contributed by atoms with Gasteiger partial charge in [-0.2, -0.15) is 0 Å². The van der Waals surface area contributed by atoms with Crippen LogP contribution in [0.25, 0.3) is 0 Å². The minimum atomic E-state index is -4.00. The van der Waals surface area contributed by atoms with Crippen LogP contribution in [0.4, 0.5) is 0 Å². The van der Waals surface area contributed by atoms with Gasteiger partial charge in [-0.15, -0.1) is 0 Å². The Labute approximate surface area is 248 Å². The second-order valence-corrected chi connectivity index (χ2v) is 13.3. The summed E-state index contributed by atoms with van der Waals surface area (Å²) in [5, 5.41) is 11.3. The number of fused-ring (bicyclic) bond motifs is 1. The van der Waals surface area contributed by atoms with E-state index in [4.69, 9.17) is 4.74 Å². The molecule has 2 aliphatic rings. The number of pyridine rings is 1. The van der Waals surface area contributed by atoms with Crippen LogP contribution < -0.4 is 9.46 Å². The average Bonchev–Trinajstić information content (AvgIpc) is 3.43. The molecule has 1 amide bonds. The van der Waals surface area contributed by atoms with Crippen molar-refractivity contribution in [2.45, 2.75) is 75.8 Å². The van der Waals surface area contributed by atoms with Crippen LogP contribution >= 0.6 is 0 Å². The van der Waals surface area contributed by atoms with E-state index in [0.717, 1.165) is 38.0 Å². The van der Waals surface area contributed by atoms with Crippen molar-refractivity contribution in [1.29, 1.82) is 0 Å². The van der Waals surface area contributed by atoms with Gasteiger partial charge >= 0.3 is 0 Å². The van der Waals surface area contributed by atoms with Crippen LogP contribution in [0.2, 0.25) is 0 Å². The minimum absolute atomic E-state index is 0.0448. The molecule has 5 rings (SSSR count). The number of ether oxygens (including phenoxy) is 1. The van der Waals surface area contributed by atoms with E-state index in [2.05, 4.69) is 26.7 Å². The highest BCUT2D eigenvalue weighted by molar-refractivity contribution is 7.89. The number of sulfonamides is 1. The van der Waals surface area contributed by atoms with Crippen LogP contribution in [0.1, 0.15) is 67.2 Å². The number of aliphatic hydroxyl groups is 1. The summed E-state index contributed by atoms with van der Waals surface area (Å²) in [5.74, 6) is 0.00396. The Balaban J connectivity index is 1.39. The SMILES string of the molecule is CCc1ccc(S(=O)(=O)N[C@@H]2c3cc(C(=O)N(CC)[C@H]4CCN(Cc5ccccc5)C4)cnc3OC(C)(C)[C@H]2O)cc1. The van der Waals surface area contributed by atoms with E-state index in [-0.39, 0.29) is 22.7 Å². The summed E-state index contributed by atoms with van der Waals surface area (Å²) in [7, 11) is -4.00. The first-order valence-corrected chi connectivity index (χ1v) is 16.1. The number of nitrogens with zero attached hydrogens (tertiary/aromatic N) is 3. The number of hydrogen-bond donors (Lipinski definition) is 2. The van der Waals surface area contributed by atoms with Crippen molar-refractivity contribution in [3.05, 3.63) is 89.1 Å². The summed E-state index contributed by atoms with van der Waals surface area (Å²) < 4.78 is 35.5. The molecule has 3 atom stereocenters. The number of hydrogen-bond acceptors (Lipinski definition) is 7. The summed E-state index contributed by atoms with van der Waals surface area (Å²) in [4.78, 5) is 22.6. The molecule has 224 valence electrons. The van der Waals surface area contributed by atoms with Crippen molar-refractivity contribution in [1.82, 2.24) is 19.5 Å². The summed E-state index contributed by atoms with van der Waals surface area (Å²) in [6.45, 7) is 10.3. The fourth-order valence-electron chi connectivity index (χ4n) is 5.83. The van der Waals surface area contributed by atoms with E-state index in [9.17, 15) is 18.3 Å². The zero-order chi connectivity index (χ0) is 30.1. The number of aryl methyl sites for hydroxylation is 1. The van der Waals surface area contributed by atoms with E-state index in [1.54, 1.807) is 44.2 Å². The molecule has 0 unspecified atom stereocenters. The highest BCUT2D eigenvalue weighted by Crippen LogP contribution is 2.40. The van der Waals surface area contributed by atoms with Crippen LogP contribution in [0.5, 0.6) is 5.88 Å². The van der Waals surface area contributed by atoms with Crippen LogP contribution in [-0.2, 0) is 23.0 Å². The number of amides is 1. The van der Waals surface area contributed by atoms with Gasteiger partial charge in [-0.1, -0.05) is 49.4 Å². The summed E-state index contributed by atoms with van der Waals surface area (Å²) in [5.41, 5.74) is 1.79. The highest BCUT2D eigenvalue weighted by Gasteiger charge is 2.46. The summed E-state index contributed by atoms with van der Waals surface area (Å²) >= 11 is 0. The number of benzene rings is 2. The number of rotatable bonds is 9. The van der Waals surface area contributed by atoms with Gasteiger partial charge in [-0.05, 0) is 62.9 Å². The lowest BCUT2D eigenvalue weighted by molar-refractivity contribution is -0.0632. The van der Waals surface area contributed by atoms with E-state index in [1.807, 2.05) is 36.9 Å². The molecule has 2 aromatic carbocycles. The molecule has 1 fully saturated rings. The minimum Gasteiger partial charge on any atom is -0.469 e. The molecule has 0 spiro atoms. The Morgan fingerprint density at radius 1 is 1.12 bits per heavy atom. The molecule has 1 aromatic heterocycles. The van der Waals surface area contributed by atoms with Gasteiger partial charge in [0.15, 0.2) is 0 Å². The topological polar surface area (TPSA) is 112 Å². The van der Waals surface area contributed by atoms with Gasteiger partial charge in [0, 0.05) is 44.0 Å². The average molecular weight is 593 g/mol. The maximum atomic E-state index is 13.8. The van der Waals surface area contributed by atoms with Crippen molar-refractivity contribution >= 4 is 15.9 Å². The van der Waals surface area contributed by atoms with Gasteiger partial charge in [0.25, 0.3) is 5.91 Å². The van der Waals surface area contributed by atoms with E-state index < -0.39 is 27.8 Å². The van der Waals surface area contributed by atoms with Gasteiger partial charge in [-0.3, -0.25) is 9.69 Å². The Kier molecular flexibility index (Phi) is 8.71. The molecular formula is C32H40N4O5S. The lowest BCUT2D eigenvalue weighted by atomic mass is 9.88. The molecular weight excluding hydrogens is 552 g/mol. The lowest BCUT2D eigenvalue weighted by Gasteiger charge is -2.41. The van der Waals surface area contributed by atoms with E-state index in [1.165, 1.54) is 11.8 Å². The molecule has 0 aliphatic carbocycles. The van der Waals surface area contributed by atoms with Crippen molar-refractivity contribution < 1.29 is 23.1 Å². The number of likely N-dealkylation sites (N-methyl/N-ethyl adjacent to an activating group) is 1. The normalized spacial score (nSPS) is 21.9. The Morgan fingerprint density at radius 2 is 1.83 bits per heavy atom. The third-order valence-electron chi connectivity index (χ3n) is 8.31. The Morgan fingerprint density at radius 3 is 2.50 bits per heavy atom. The molecule has 2 N–H and O–H groups in total. The van der Waals surface area contributed by atoms with Crippen molar-refractivity contribution in [2.75, 3.05) is 19.6 Å². The van der Waals surface area contributed by atoms with Crippen LogP contribution in [-0.4, -0.2) is 71.6 Å². The number of likely N-dealkylation sites (tertiary alicyclic amines) is 1. The first-order chi connectivity index (χ1) is 20.0. The Bertz CT molecular complexity index is 1510. The monoisotopic (exact) mass is 592 g/mol. The molecule has 3 heterocycles. The fourth-order valence-corrected chi connectivity index (χ4v) is 7.05. The number of aliphatic hydroxyl groups excluding tert-OH is 1. The molecule has 0 radical (unpaired) electrons. The number of aromatic nitrogens is 1. The largest absolute Gasteiger partial charge is 0.469 e. The smallest absolute Gasteiger partial charge is 0.255 e. The molecule has 0 saturated carbocycles. The van der Waals surface area contributed by atoms with Gasteiger partial charge in [0.1, 0.15) is 11.7 Å². The zero-order valence-electron chi connectivity index (χ0n) is 24.7. The number of nitrogens with one attached hydrogen (secondary N) is 1. The van der Waals surface area contributed by atoms with Crippen LogP contribution in [0.3, 0.4) is 0 Å².